The first-order valence-corrected chi connectivity index (χ1v) is 10.7. The third-order valence-corrected chi connectivity index (χ3v) is 5.75. The Bertz CT molecular complexity index is 868. The van der Waals surface area contributed by atoms with Crippen molar-refractivity contribution in [3.05, 3.63) is 47.0 Å². The van der Waals surface area contributed by atoms with Gasteiger partial charge in [-0.05, 0) is 24.1 Å². The van der Waals surface area contributed by atoms with Crippen LogP contribution in [0, 0.1) is 0 Å². The second-order valence-electron chi connectivity index (χ2n) is 7.45. The largest absolute Gasteiger partial charge is 0.497 e. The predicted octanol–water partition coefficient (Wildman–Crippen LogP) is 3.16. The number of halogens is 1. The summed E-state index contributed by atoms with van der Waals surface area (Å²) in [6, 6.07) is 11.5. The van der Waals surface area contributed by atoms with E-state index in [2.05, 4.69) is 27.2 Å². The minimum absolute atomic E-state index is 0.0886. The summed E-state index contributed by atoms with van der Waals surface area (Å²) in [5, 5.41) is 3.34. The van der Waals surface area contributed by atoms with Gasteiger partial charge in [0, 0.05) is 44.9 Å². The van der Waals surface area contributed by atoms with Gasteiger partial charge >= 0.3 is 0 Å². The van der Waals surface area contributed by atoms with Gasteiger partial charge in [-0.2, -0.15) is 0 Å². The molecule has 0 saturated carbocycles. The minimum Gasteiger partial charge on any atom is -0.497 e. The third-order valence-electron chi connectivity index (χ3n) is 5.46. The van der Waals surface area contributed by atoms with Crippen molar-refractivity contribution in [3.8, 4) is 17.2 Å². The van der Waals surface area contributed by atoms with E-state index in [-0.39, 0.29) is 5.91 Å². The van der Waals surface area contributed by atoms with Gasteiger partial charge in [0.1, 0.15) is 17.2 Å². The molecule has 0 bridgehead atoms. The van der Waals surface area contributed by atoms with Crippen LogP contribution in [0.2, 0.25) is 5.02 Å². The predicted molar refractivity (Wildman–Crippen MR) is 123 cm³/mol. The average molecular weight is 448 g/mol. The van der Waals surface area contributed by atoms with Crippen LogP contribution in [0.3, 0.4) is 0 Å². The number of carbonyl (C=O) groups is 1. The number of methoxy groups -OCH3 is 3. The highest BCUT2D eigenvalue weighted by atomic mass is 35.5. The first-order valence-electron chi connectivity index (χ1n) is 10.3. The molecule has 0 aliphatic carbocycles. The molecule has 31 heavy (non-hydrogen) atoms. The van der Waals surface area contributed by atoms with Crippen molar-refractivity contribution in [2.45, 2.75) is 6.42 Å². The van der Waals surface area contributed by atoms with Gasteiger partial charge in [-0.25, -0.2) is 0 Å². The van der Waals surface area contributed by atoms with Crippen molar-refractivity contribution >= 4 is 23.2 Å². The van der Waals surface area contributed by atoms with Gasteiger partial charge in [0.15, 0.2) is 0 Å². The third kappa shape index (κ3) is 6.50. The van der Waals surface area contributed by atoms with Gasteiger partial charge in [0.2, 0.25) is 5.91 Å². The van der Waals surface area contributed by atoms with E-state index in [1.807, 2.05) is 12.1 Å². The van der Waals surface area contributed by atoms with E-state index < -0.39 is 0 Å². The van der Waals surface area contributed by atoms with E-state index in [9.17, 15) is 4.79 Å². The van der Waals surface area contributed by atoms with Gasteiger partial charge < -0.3 is 24.4 Å². The summed E-state index contributed by atoms with van der Waals surface area (Å²) >= 11 is 6.13. The van der Waals surface area contributed by atoms with Crippen LogP contribution in [0.25, 0.3) is 0 Å². The summed E-state index contributed by atoms with van der Waals surface area (Å²) in [5.41, 5.74) is 1.85. The molecule has 0 unspecified atom stereocenters. The summed E-state index contributed by atoms with van der Waals surface area (Å²) in [6.45, 7) is 4.95. The summed E-state index contributed by atoms with van der Waals surface area (Å²) in [7, 11) is 4.75. The van der Waals surface area contributed by atoms with Crippen molar-refractivity contribution in [1.82, 2.24) is 9.80 Å². The number of amides is 1. The second kappa shape index (κ2) is 11.2. The van der Waals surface area contributed by atoms with Crippen LogP contribution in [0.1, 0.15) is 5.56 Å². The molecule has 168 valence electrons. The molecule has 2 aromatic rings. The molecule has 1 amide bonds. The van der Waals surface area contributed by atoms with Crippen molar-refractivity contribution in [1.29, 1.82) is 0 Å². The lowest BCUT2D eigenvalue weighted by atomic mass is 10.1. The van der Waals surface area contributed by atoms with E-state index in [0.29, 0.717) is 28.8 Å². The lowest BCUT2D eigenvalue weighted by Crippen LogP contribution is -2.49. The molecule has 1 saturated heterocycles. The van der Waals surface area contributed by atoms with E-state index in [0.717, 1.165) is 44.9 Å². The van der Waals surface area contributed by atoms with Gasteiger partial charge in [-0.1, -0.05) is 23.7 Å². The Labute approximate surface area is 188 Å². The molecular weight excluding hydrogens is 418 g/mol. The molecule has 1 N–H and O–H groups in total. The first-order chi connectivity index (χ1) is 15.0. The number of nitrogens with one attached hydrogen (secondary N) is 1. The molecule has 0 aromatic heterocycles. The molecule has 3 rings (SSSR count). The molecule has 8 heteroatoms. The molecular formula is C23H30ClN3O4. The number of nitrogens with zero attached hydrogens (tertiary/aromatic N) is 2. The number of hydrogen-bond donors (Lipinski definition) is 1. The number of benzene rings is 2. The highest BCUT2D eigenvalue weighted by Gasteiger charge is 2.20. The maximum atomic E-state index is 12.6. The van der Waals surface area contributed by atoms with Crippen LogP contribution >= 0.6 is 11.6 Å². The number of piperazine rings is 1. The van der Waals surface area contributed by atoms with Crippen LogP contribution in [-0.4, -0.2) is 76.3 Å². The standard InChI is InChI=1S/C23H30ClN3O4/c1-29-18-6-4-17(5-7-18)8-9-26-10-12-27(13-11-26)16-23(28)25-20-15-21(30-2)19(24)14-22(20)31-3/h4-7,14-15H,8-13,16H2,1-3H3,(H,25,28). The Morgan fingerprint density at radius 1 is 0.935 bits per heavy atom. The van der Waals surface area contributed by atoms with Gasteiger partial charge in [-0.3, -0.25) is 9.69 Å². The topological polar surface area (TPSA) is 63.3 Å². The van der Waals surface area contributed by atoms with E-state index in [1.165, 1.54) is 12.7 Å². The van der Waals surface area contributed by atoms with E-state index >= 15 is 0 Å². The molecule has 7 nitrogen and oxygen atoms in total. The monoisotopic (exact) mass is 447 g/mol. The molecule has 0 radical (unpaired) electrons. The lowest BCUT2D eigenvalue weighted by molar-refractivity contribution is -0.117. The highest BCUT2D eigenvalue weighted by Crippen LogP contribution is 2.35. The van der Waals surface area contributed by atoms with Crippen LogP contribution < -0.4 is 19.5 Å². The Hall–Kier alpha value is -2.48. The fraction of sp³-hybridized carbons (Fsp3) is 0.435. The molecule has 1 heterocycles. The van der Waals surface area contributed by atoms with E-state index in [1.54, 1.807) is 26.4 Å². The Kier molecular flexibility index (Phi) is 8.40. The second-order valence-corrected chi connectivity index (χ2v) is 7.86. The number of carbonyl (C=O) groups excluding carboxylic acids is 1. The quantitative estimate of drug-likeness (QED) is 0.637. The zero-order valence-corrected chi connectivity index (χ0v) is 19.1. The normalized spacial score (nSPS) is 14.8. The molecule has 1 aliphatic rings. The smallest absolute Gasteiger partial charge is 0.238 e. The fourth-order valence-electron chi connectivity index (χ4n) is 3.60. The molecule has 0 atom stereocenters. The zero-order chi connectivity index (χ0) is 22.2. The summed E-state index contributed by atoms with van der Waals surface area (Å²) in [6.07, 6.45) is 1.00. The van der Waals surface area contributed by atoms with Crippen molar-refractivity contribution < 1.29 is 19.0 Å². The van der Waals surface area contributed by atoms with Gasteiger partial charge in [-0.15, -0.1) is 0 Å². The first kappa shape index (κ1) is 23.2. The minimum atomic E-state index is -0.0886. The average Bonchev–Trinajstić information content (AvgIpc) is 2.79. The van der Waals surface area contributed by atoms with Crippen molar-refractivity contribution in [2.75, 3.05) is 65.9 Å². The Morgan fingerprint density at radius 2 is 1.58 bits per heavy atom. The van der Waals surface area contributed by atoms with Gasteiger partial charge in [0.25, 0.3) is 0 Å². The maximum absolute atomic E-state index is 12.6. The Balaban J connectivity index is 1.44. The summed E-state index contributed by atoms with van der Waals surface area (Å²) in [5.74, 6) is 1.78. The zero-order valence-electron chi connectivity index (χ0n) is 18.3. The van der Waals surface area contributed by atoms with Crippen molar-refractivity contribution in [3.63, 3.8) is 0 Å². The maximum Gasteiger partial charge on any atom is 0.238 e. The van der Waals surface area contributed by atoms with Gasteiger partial charge in [0.05, 0.1) is 38.6 Å². The molecule has 1 fully saturated rings. The number of ether oxygens (including phenoxy) is 3. The van der Waals surface area contributed by atoms with Crippen LogP contribution in [0.15, 0.2) is 36.4 Å². The van der Waals surface area contributed by atoms with Crippen molar-refractivity contribution in [2.24, 2.45) is 0 Å². The highest BCUT2D eigenvalue weighted by molar-refractivity contribution is 6.32. The Morgan fingerprint density at radius 3 is 2.19 bits per heavy atom. The van der Waals surface area contributed by atoms with Crippen LogP contribution in [0.5, 0.6) is 17.2 Å². The molecule has 1 aliphatic heterocycles. The van der Waals surface area contributed by atoms with Crippen LogP contribution in [0.4, 0.5) is 5.69 Å². The number of hydrogen-bond acceptors (Lipinski definition) is 6. The summed E-state index contributed by atoms with van der Waals surface area (Å²) in [4.78, 5) is 17.2. The SMILES string of the molecule is COc1ccc(CCN2CCN(CC(=O)Nc3cc(OC)c(Cl)cc3OC)CC2)cc1. The van der Waals surface area contributed by atoms with Crippen LogP contribution in [-0.2, 0) is 11.2 Å². The molecule has 0 spiro atoms. The number of rotatable bonds is 9. The lowest BCUT2D eigenvalue weighted by Gasteiger charge is -2.34. The van der Waals surface area contributed by atoms with E-state index in [4.69, 9.17) is 25.8 Å². The molecule has 2 aromatic carbocycles. The summed E-state index contributed by atoms with van der Waals surface area (Å²) < 4.78 is 15.8. The number of anilines is 1. The fourth-order valence-corrected chi connectivity index (χ4v) is 3.83.